The Morgan fingerprint density at radius 2 is 1.68 bits per heavy atom. The van der Waals surface area contributed by atoms with Crippen molar-refractivity contribution in [1.29, 1.82) is 0 Å². The summed E-state index contributed by atoms with van der Waals surface area (Å²) in [5.41, 5.74) is 0.973. The Morgan fingerprint density at radius 1 is 1.09 bits per heavy atom. The first kappa shape index (κ1) is 16.0. The molecule has 5 heteroatoms. The van der Waals surface area contributed by atoms with Gasteiger partial charge < -0.3 is 9.84 Å². The van der Waals surface area contributed by atoms with Gasteiger partial charge in [-0.05, 0) is 36.8 Å². The molecule has 0 bridgehead atoms. The minimum absolute atomic E-state index is 0.0537. The lowest BCUT2D eigenvalue weighted by Gasteiger charge is -2.14. The molecule has 2 aromatic carbocycles. The lowest BCUT2D eigenvalue weighted by Crippen LogP contribution is -2.19. The van der Waals surface area contributed by atoms with E-state index < -0.39 is 11.9 Å². The maximum atomic E-state index is 12.1. The minimum Gasteiger partial charge on any atom is -0.478 e. The number of hydrogen-bond donors (Lipinski definition) is 1. The number of benzene rings is 2. The van der Waals surface area contributed by atoms with Crippen LogP contribution < -0.4 is 0 Å². The van der Waals surface area contributed by atoms with E-state index in [4.69, 9.17) is 21.4 Å². The standard InChI is InChI=1S/C17H15ClO4/c1-11(10-12-6-8-13(18)9-7-12)22-17(21)15-5-3-2-4-14(15)16(19)20/h2-9,11H,10H2,1H3,(H,19,20). The number of rotatable bonds is 5. The number of aromatic carboxylic acids is 1. The van der Waals surface area contributed by atoms with Gasteiger partial charge in [-0.1, -0.05) is 35.9 Å². The highest BCUT2D eigenvalue weighted by Gasteiger charge is 2.19. The Morgan fingerprint density at radius 3 is 2.27 bits per heavy atom. The van der Waals surface area contributed by atoms with E-state index >= 15 is 0 Å². The molecule has 1 atom stereocenters. The summed E-state index contributed by atoms with van der Waals surface area (Å²) < 4.78 is 5.33. The van der Waals surface area contributed by atoms with Gasteiger partial charge in [-0.25, -0.2) is 9.59 Å². The van der Waals surface area contributed by atoms with Gasteiger partial charge in [0.05, 0.1) is 11.1 Å². The Bertz CT molecular complexity index is 679. The summed E-state index contributed by atoms with van der Waals surface area (Å²) in [4.78, 5) is 23.2. The molecule has 0 aliphatic rings. The SMILES string of the molecule is CC(Cc1ccc(Cl)cc1)OC(=O)c1ccccc1C(=O)O. The third-order valence-corrected chi connectivity index (χ3v) is 3.37. The van der Waals surface area contributed by atoms with Crippen LogP contribution in [0.3, 0.4) is 0 Å². The average Bonchev–Trinajstić information content (AvgIpc) is 2.49. The summed E-state index contributed by atoms with van der Waals surface area (Å²) in [6, 6.07) is 13.2. The van der Waals surface area contributed by atoms with Gasteiger partial charge in [0.15, 0.2) is 0 Å². The van der Waals surface area contributed by atoms with Crippen molar-refractivity contribution in [3.8, 4) is 0 Å². The number of carbonyl (C=O) groups excluding carboxylic acids is 1. The number of ether oxygens (including phenoxy) is 1. The van der Waals surface area contributed by atoms with E-state index in [0.717, 1.165) is 5.56 Å². The third-order valence-electron chi connectivity index (χ3n) is 3.12. The first-order valence-electron chi connectivity index (χ1n) is 6.75. The molecule has 1 unspecified atom stereocenters. The molecular weight excluding hydrogens is 304 g/mol. The predicted molar refractivity (Wildman–Crippen MR) is 83.4 cm³/mol. The van der Waals surface area contributed by atoms with Crippen molar-refractivity contribution < 1.29 is 19.4 Å². The van der Waals surface area contributed by atoms with Crippen LogP contribution in [0.2, 0.25) is 5.02 Å². The van der Waals surface area contributed by atoms with Crippen molar-refractivity contribution in [2.75, 3.05) is 0 Å². The Balaban J connectivity index is 2.05. The van der Waals surface area contributed by atoms with E-state index in [1.54, 1.807) is 31.2 Å². The van der Waals surface area contributed by atoms with Gasteiger partial charge in [-0.15, -0.1) is 0 Å². The zero-order valence-corrected chi connectivity index (χ0v) is 12.7. The first-order chi connectivity index (χ1) is 10.5. The molecule has 0 heterocycles. The molecule has 0 aromatic heterocycles. The van der Waals surface area contributed by atoms with Gasteiger partial charge in [0.1, 0.15) is 6.10 Å². The summed E-state index contributed by atoms with van der Waals surface area (Å²) in [7, 11) is 0. The largest absolute Gasteiger partial charge is 0.478 e. The van der Waals surface area contributed by atoms with Crippen LogP contribution in [0.15, 0.2) is 48.5 Å². The van der Waals surface area contributed by atoms with Crippen molar-refractivity contribution in [2.24, 2.45) is 0 Å². The molecule has 114 valence electrons. The Kier molecular flexibility index (Phi) is 5.17. The second-order valence-electron chi connectivity index (χ2n) is 4.90. The fourth-order valence-electron chi connectivity index (χ4n) is 2.09. The average molecular weight is 319 g/mol. The zero-order chi connectivity index (χ0) is 16.1. The van der Waals surface area contributed by atoms with Crippen LogP contribution in [0.25, 0.3) is 0 Å². The van der Waals surface area contributed by atoms with Gasteiger partial charge in [-0.2, -0.15) is 0 Å². The summed E-state index contributed by atoms with van der Waals surface area (Å²) in [5, 5.41) is 9.73. The summed E-state index contributed by atoms with van der Waals surface area (Å²) in [5.74, 6) is -1.79. The van der Waals surface area contributed by atoms with Crippen molar-refractivity contribution in [3.05, 3.63) is 70.2 Å². The van der Waals surface area contributed by atoms with Crippen LogP contribution in [0.1, 0.15) is 33.2 Å². The smallest absolute Gasteiger partial charge is 0.339 e. The van der Waals surface area contributed by atoms with Gasteiger partial charge in [-0.3, -0.25) is 0 Å². The summed E-state index contributed by atoms with van der Waals surface area (Å²) in [6.07, 6.45) is 0.147. The Hall–Kier alpha value is -2.33. The molecule has 0 saturated carbocycles. The topological polar surface area (TPSA) is 63.6 Å². The van der Waals surface area contributed by atoms with Crippen LogP contribution in [0, 0.1) is 0 Å². The second kappa shape index (κ2) is 7.09. The van der Waals surface area contributed by atoms with E-state index in [2.05, 4.69) is 0 Å². The normalized spacial score (nSPS) is 11.7. The lowest BCUT2D eigenvalue weighted by molar-refractivity contribution is 0.0336. The lowest BCUT2D eigenvalue weighted by atomic mass is 10.1. The highest BCUT2D eigenvalue weighted by atomic mass is 35.5. The van der Waals surface area contributed by atoms with E-state index in [1.807, 2.05) is 12.1 Å². The molecule has 1 N–H and O–H groups in total. The van der Waals surface area contributed by atoms with Crippen LogP contribution in [-0.4, -0.2) is 23.1 Å². The van der Waals surface area contributed by atoms with Gasteiger partial charge in [0.2, 0.25) is 0 Å². The number of esters is 1. The molecule has 0 radical (unpaired) electrons. The van der Waals surface area contributed by atoms with Crippen molar-refractivity contribution in [3.63, 3.8) is 0 Å². The number of carboxylic acids is 1. The Labute approximate surface area is 133 Å². The molecule has 4 nitrogen and oxygen atoms in total. The molecule has 0 saturated heterocycles. The highest BCUT2D eigenvalue weighted by molar-refractivity contribution is 6.30. The first-order valence-corrected chi connectivity index (χ1v) is 7.13. The van der Waals surface area contributed by atoms with Gasteiger partial charge in [0, 0.05) is 11.4 Å². The number of carbonyl (C=O) groups is 2. The van der Waals surface area contributed by atoms with E-state index in [-0.39, 0.29) is 17.2 Å². The molecule has 22 heavy (non-hydrogen) atoms. The van der Waals surface area contributed by atoms with Crippen molar-refractivity contribution in [1.82, 2.24) is 0 Å². The third kappa shape index (κ3) is 4.09. The molecular formula is C17H15ClO4. The van der Waals surface area contributed by atoms with Crippen molar-refractivity contribution >= 4 is 23.5 Å². The molecule has 0 spiro atoms. The molecule has 2 rings (SSSR count). The summed E-state index contributed by atoms with van der Waals surface area (Å²) >= 11 is 5.82. The second-order valence-corrected chi connectivity index (χ2v) is 5.33. The minimum atomic E-state index is -1.15. The molecule has 0 aliphatic heterocycles. The van der Waals surface area contributed by atoms with E-state index in [9.17, 15) is 9.59 Å². The fraction of sp³-hybridized carbons (Fsp3) is 0.176. The molecule has 0 fully saturated rings. The zero-order valence-electron chi connectivity index (χ0n) is 12.0. The molecule has 0 amide bonds. The maximum Gasteiger partial charge on any atom is 0.339 e. The number of hydrogen-bond acceptors (Lipinski definition) is 3. The fourth-order valence-corrected chi connectivity index (χ4v) is 2.21. The maximum absolute atomic E-state index is 12.1. The van der Waals surface area contributed by atoms with Crippen LogP contribution >= 0.6 is 11.6 Å². The number of halogens is 1. The van der Waals surface area contributed by atoms with Gasteiger partial charge >= 0.3 is 11.9 Å². The van der Waals surface area contributed by atoms with Crippen LogP contribution in [0.5, 0.6) is 0 Å². The van der Waals surface area contributed by atoms with Crippen LogP contribution in [-0.2, 0) is 11.2 Å². The molecule has 2 aromatic rings. The quantitative estimate of drug-likeness (QED) is 0.851. The molecule has 0 aliphatic carbocycles. The van der Waals surface area contributed by atoms with Crippen LogP contribution in [0.4, 0.5) is 0 Å². The van der Waals surface area contributed by atoms with E-state index in [0.29, 0.717) is 11.4 Å². The van der Waals surface area contributed by atoms with Gasteiger partial charge in [0.25, 0.3) is 0 Å². The number of carboxylic acid groups (broad SMARTS) is 1. The summed E-state index contributed by atoms with van der Waals surface area (Å²) in [6.45, 7) is 1.76. The van der Waals surface area contributed by atoms with Crippen molar-refractivity contribution in [2.45, 2.75) is 19.4 Å². The van der Waals surface area contributed by atoms with E-state index in [1.165, 1.54) is 12.1 Å². The highest BCUT2D eigenvalue weighted by Crippen LogP contribution is 2.15. The predicted octanol–water partition coefficient (Wildman–Crippen LogP) is 3.83. The monoisotopic (exact) mass is 318 g/mol.